The van der Waals surface area contributed by atoms with Crippen molar-refractivity contribution in [1.29, 1.82) is 0 Å². The van der Waals surface area contributed by atoms with Crippen molar-refractivity contribution in [3.8, 4) is 11.5 Å². The molecule has 1 N–H and O–H groups in total. The van der Waals surface area contributed by atoms with Crippen LogP contribution in [0.25, 0.3) is 0 Å². The average molecular weight is 356 g/mol. The van der Waals surface area contributed by atoms with Gasteiger partial charge in [0.1, 0.15) is 0 Å². The Morgan fingerprint density at radius 1 is 1.04 bits per heavy atom. The number of aryl methyl sites for hydroxylation is 2. The molecule has 4 nitrogen and oxygen atoms in total. The molecule has 0 aliphatic carbocycles. The Balaban J connectivity index is 1.79. The van der Waals surface area contributed by atoms with Gasteiger partial charge in [0, 0.05) is 18.8 Å². The zero-order chi connectivity index (χ0) is 18.0. The van der Waals surface area contributed by atoms with Gasteiger partial charge in [-0.2, -0.15) is 0 Å². The lowest BCUT2D eigenvalue weighted by atomic mass is 9.99. The molecule has 2 aromatic rings. The highest BCUT2D eigenvalue weighted by molar-refractivity contribution is 7.80. The van der Waals surface area contributed by atoms with Crippen molar-refractivity contribution in [1.82, 2.24) is 4.90 Å². The lowest BCUT2D eigenvalue weighted by molar-refractivity contribution is 0.348. The van der Waals surface area contributed by atoms with E-state index in [1.807, 2.05) is 0 Å². The van der Waals surface area contributed by atoms with Crippen LogP contribution in [0.15, 0.2) is 30.3 Å². The van der Waals surface area contributed by atoms with Crippen molar-refractivity contribution in [2.24, 2.45) is 0 Å². The first-order valence-electron chi connectivity index (χ1n) is 8.39. The quantitative estimate of drug-likeness (QED) is 0.838. The SMILES string of the molecule is COc1cc2c(cc1OC)CN(C(=S)Nc1c(C)cccc1C)CC2. The minimum Gasteiger partial charge on any atom is -0.493 e. The van der Waals surface area contributed by atoms with Gasteiger partial charge in [-0.3, -0.25) is 0 Å². The standard InChI is InChI=1S/C20H24N2O2S/c1-13-6-5-7-14(2)19(13)21-20(25)22-9-8-15-10-17(23-3)18(24-4)11-16(15)12-22/h5-7,10-11H,8-9,12H2,1-4H3,(H,21,25). The summed E-state index contributed by atoms with van der Waals surface area (Å²) >= 11 is 5.67. The first-order valence-corrected chi connectivity index (χ1v) is 8.80. The van der Waals surface area contributed by atoms with E-state index in [1.165, 1.54) is 22.3 Å². The molecule has 0 spiro atoms. The summed E-state index contributed by atoms with van der Waals surface area (Å²) in [6, 6.07) is 10.4. The molecule has 0 atom stereocenters. The highest BCUT2D eigenvalue weighted by Gasteiger charge is 2.21. The Labute approximate surface area is 154 Å². The second-order valence-electron chi connectivity index (χ2n) is 6.34. The molecule has 0 unspecified atom stereocenters. The lowest BCUT2D eigenvalue weighted by Crippen LogP contribution is -2.39. The van der Waals surface area contributed by atoms with Gasteiger partial charge in [0.15, 0.2) is 16.6 Å². The second kappa shape index (κ2) is 7.31. The number of nitrogens with one attached hydrogen (secondary N) is 1. The van der Waals surface area contributed by atoms with Crippen LogP contribution in [0.5, 0.6) is 11.5 Å². The molecule has 25 heavy (non-hydrogen) atoms. The number of thiocarbonyl (C=S) groups is 1. The molecule has 0 saturated carbocycles. The maximum Gasteiger partial charge on any atom is 0.173 e. The number of methoxy groups -OCH3 is 2. The molecular weight excluding hydrogens is 332 g/mol. The number of hydrogen-bond donors (Lipinski definition) is 1. The van der Waals surface area contributed by atoms with Crippen molar-refractivity contribution >= 4 is 23.0 Å². The fourth-order valence-electron chi connectivity index (χ4n) is 3.25. The molecule has 1 aliphatic heterocycles. The molecular formula is C20H24N2O2S. The summed E-state index contributed by atoms with van der Waals surface area (Å²) in [4.78, 5) is 2.20. The maximum atomic E-state index is 5.67. The number of ether oxygens (including phenoxy) is 2. The van der Waals surface area contributed by atoms with E-state index in [2.05, 4.69) is 54.4 Å². The Morgan fingerprint density at radius 2 is 1.64 bits per heavy atom. The number of hydrogen-bond acceptors (Lipinski definition) is 3. The molecule has 1 heterocycles. The smallest absolute Gasteiger partial charge is 0.173 e. The zero-order valence-corrected chi connectivity index (χ0v) is 16.0. The minimum atomic E-state index is 0.761. The van der Waals surface area contributed by atoms with Gasteiger partial charge in [-0.05, 0) is 66.9 Å². The third kappa shape index (κ3) is 3.56. The third-order valence-electron chi connectivity index (χ3n) is 4.72. The predicted molar refractivity (Wildman–Crippen MR) is 106 cm³/mol. The fraction of sp³-hybridized carbons (Fsp3) is 0.350. The van der Waals surface area contributed by atoms with Gasteiger partial charge >= 0.3 is 0 Å². The summed E-state index contributed by atoms with van der Waals surface area (Å²) in [5.41, 5.74) is 6.03. The van der Waals surface area contributed by atoms with Gasteiger partial charge < -0.3 is 19.7 Å². The molecule has 2 aromatic carbocycles. The average Bonchev–Trinajstić information content (AvgIpc) is 2.62. The number of nitrogens with zero attached hydrogens (tertiary/aromatic N) is 1. The molecule has 3 rings (SSSR count). The number of fused-ring (bicyclic) bond motifs is 1. The first-order chi connectivity index (χ1) is 12.0. The van der Waals surface area contributed by atoms with Crippen molar-refractivity contribution in [2.45, 2.75) is 26.8 Å². The van der Waals surface area contributed by atoms with E-state index in [1.54, 1.807) is 14.2 Å². The van der Waals surface area contributed by atoms with Crippen LogP contribution in [0, 0.1) is 13.8 Å². The summed E-state index contributed by atoms with van der Waals surface area (Å²) in [6.07, 6.45) is 0.935. The van der Waals surface area contributed by atoms with E-state index < -0.39 is 0 Å². The third-order valence-corrected chi connectivity index (χ3v) is 5.08. The van der Waals surface area contributed by atoms with Crippen LogP contribution in [-0.2, 0) is 13.0 Å². The Bertz CT molecular complexity index is 784. The van der Waals surface area contributed by atoms with E-state index in [-0.39, 0.29) is 0 Å². The second-order valence-corrected chi connectivity index (χ2v) is 6.73. The molecule has 1 aliphatic rings. The van der Waals surface area contributed by atoms with Crippen LogP contribution in [0.2, 0.25) is 0 Å². The molecule has 0 aromatic heterocycles. The Kier molecular flexibility index (Phi) is 5.13. The van der Waals surface area contributed by atoms with Crippen LogP contribution in [-0.4, -0.2) is 30.8 Å². The van der Waals surface area contributed by atoms with Crippen LogP contribution in [0.1, 0.15) is 22.3 Å². The van der Waals surface area contributed by atoms with Crippen LogP contribution < -0.4 is 14.8 Å². The van der Waals surface area contributed by atoms with E-state index in [0.717, 1.165) is 41.8 Å². The van der Waals surface area contributed by atoms with Gasteiger partial charge in [-0.1, -0.05) is 18.2 Å². The highest BCUT2D eigenvalue weighted by Crippen LogP contribution is 2.33. The summed E-state index contributed by atoms with van der Waals surface area (Å²) in [5, 5.41) is 4.19. The van der Waals surface area contributed by atoms with Crippen molar-refractivity contribution in [3.05, 3.63) is 52.6 Å². The number of benzene rings is 2. The summed E-state index contributed by atoms with van der Waals surface area (Å²) < 4.78 is 10.8. The maximum absolute atomic E-state index is 5.67. The van der Waals surface area contributed by atoms with E-state index in [0.29, 0.717) is 0 Å². The van der Waals surface area contributed by atoms with Gasteiger partial charge in [0.25, 0.3) is 0 Å². The predicted octanol–water partition coefficient (Wildman–Crippen LogP) is 4.08. The molecule has 0 amide bonds. The lowest BCUT2D eigenvalue weighted by Gasteiger charge is -2.32. The molecule has 5 heteroatoms. The highest BCUT2D eigenvalue weighted by atomic mass is 32.1. The van der Waals surface area contributed by atoms with E-state index >= 15 is 0 Å². The van der Waals surface area contributed by atoms with Gasteiger partial charge in [-0.25, -0.2) is 0 Å². The van der Waals surface area contributed by atoms with Crippen molar-refractivity contribution < 1.29 is 9.47 Å². The Morgan fingerprint density at radius 3 is 2.24 bits per heavy atom. The number of para-hydroxylation sites is 1. The van der Waals surface area contributed by atoms with Crippen LogP contribution in [0.4, 0.5) is 5.69 Å². The largest absolute Gasteiger partial charge is 0.493 e. The molecule has 0 bridgehead atoms. The molecule has 0 fully saturated rings. The van der Waals surface area contributed by atoms with Crippen molar-refractivity contribution in [3.63, 3.8) is 0 Å². The summed E-state index contributed by atoms with van der Waals surface area (Å²) in [5.74, 6) is 1.54. The first kappa shape index (κ1) is 17.5. The zero-order valence-electron chi connectivity index (χ0n) is 15.2. The number of rotatable bonds is 3. The van der Waals surface area contributed by atoms with Crippen molar-refractivity contribution in [2.75, 3.05) is 26.1 Å². The monoisotopic (exact) mass is 356 g/mol. The molecule has 132 valence electrons. The summed E-state index contributed by atoms with van der Waals surface area (Å²) in [6.45, 7) is 5.85. The molecule has 0 radical (unpaired) electrons. The van der Waals surface area contributed by atoms with Crippen LogP contribution >= 0.6 is 12.2 Å². The summed E-state index contributed by atoms with van der Waals surface area (Å²) in [7, 11) is 3.33. The molecule has 0 saturated heterocycles. The normalized spacial score (nSPS) is 13.2. The minimum absolute atomic E-state index is 0.761. The van der Waals surface area contributed by atoms with Gasteiger partial charge in [-0.15, -0.1) is 0 Å². The Hall–Kier alpha value is -2.27. The topological polar surface area (TPSA) is 33.7 Å². The van der Waals surface area contributed by atoms with Gasteiger partial charge in [0.2, 0.25) is 0 Å². The van der Waals surface area contributed by atoms with Gasteiger partial charge in [0.05, 0.1) is 14.2 Å². The number of anilines is 1. The van der Waals surface area contributed by atoms with Crippen LogP contribution in [0.3, 0.4) is 0 Å². The van der Waals surface area contributed by atoms with E-state index in [4.69, 9.17) is 21.7 Å². The van der Waals surface area contributed by atoms with E-state index in [9.17, 15) is 0 Å². The fourth-order valence-corrected chi connectivity index (χ4v) is 3.51.